The van der Waals surface area contributed by atoms with E-state index in [0.29, 0.717) is 24.9 Å². The smallest absolute Gasteiger partial charge is 0.299 e. The highest BCUT2D eigenvalue weighted by Gasteiger charge is 2.27. The molecule has 2 aromatic rings. The molecule has 2 aliphatic rings. The molecule has 2 aromatic carbocycles. The van der Waals surface area contributed by atoms with E-state index in [1.165, 1.54) is 5.56 Å². The molecule has 0 spiro atoms. The molecule has 0 aromatic heterocycles. The Labute approximate surface area is 170 Å². The van der Waals surface area contributed by atoms with Gasteiger partial charge in [0.25, 0.3) is 16.2 Å². The first-order valence-corrected chi connectivity index (χ1v) is 11.0. The summed E-state index contributed by atoms with van der Waals surface area (Å²) in [7, 11) is -1.90. The molecule has 9 heteroatoms. The molecule has 0 saturated heterocycles. The minimum absolute atomic E-state index is 0.0172. The third-order valence-electron chi connectivity index (χ3n) is 4.97. The molecule has 1 aliphatic carbocycles. The summed E-state index contributed by atoms with van der Waals surface area (Å²) in [5, 5.41) is 3.20. The minimum atomic E-state index is -3.57. The van der Waals surface area contributed by atoms with Crippen molar-refractivity contribution in [1.82, 2.24) is 4.72 Å². The third kappa shape index (κ3) is 4.15. The van der Waals surface area contributed by atoms with Gasteiger partial charge >= 0.3 is 0 Å². The molecular formula is C20H24N4O4S. The van der Waals surface area contributed by atoms with Crippen LogP contribution in [0.15, 0.2) is 41.4 Å². The van der Waals surface area contributed by atoms with Crippen LogP contribution < -0.4 is 19.5 Å². The number of amidine groups is 1. The second-order valence-corrected chi connectivity index (χ2v) is 8.41. The number of hydrogen-bond acceptors (Lipinski definition) is 5. The number of nitrogens with zero attached hydrogens (tertiary/aromatic N) is 1. The van der Waals surface area contributed by atoms with Crippen LogP contribution in [0.5, 0.6) is 5.75 Å². The molecule has 29 heavy (non-hydrogen) atoms. The van der Waals surface area contributed by atoms with Gasteiger partial charge in [-0.15, -0.1) is 0 Å². The van der Waals surface area contributed by atoms with Crippen LogP contribution in [0.4, 0.5) is 11.4 Å². The van der Waals surface area contributed by atoms with Crippen molar-refractivity contribution in [1.29, 1.82) is 0 Å². The number of rotatable bonds is 6. The lowest BCUT2D eigenvalue weighted by Crippen LogP contribution is -2.30. The normalized spacial score (nSPS) is 19.1. The lowest BCUT2D eigenvalue weighted by molar-refractivity contribution is 0.282. The number of anilines is 2. The van der Waals surface area contributed by atoms with E-state index in [9.17, 15) is 8.42 Å². The number of benzene rings is 2. The van der Waals surface area contributed by atoms with Gasteiger partial charge < -0.3 is 14.8 Å². The summed E-state index contributed by atoms with van der Waals surface area (Å²) >= 11 is 0. The molecule has 8 nitrogen and oxygen atoms in total. The Morgan fingerprint density at radius 1 is 1.28 bits per heavy atom. The lowest BCUT2D eigenvalue weighted by atomic mass is 10.1. The van der Waals surface area contributed by atoms with Crippen LogP contribution in [0.2, 0.25) is 0 Å². The maximum atomic E-state index is 11.9. The van der Waals surface area contributed by atoms with Gasteiger partial charge in [-0.05, 0) is 42.7 Å². The van der Waals surface area contributed by atoms with Crippen LogP contribution >= 0.6 is 0 Å². The molecule has 1 unspecified atom stereocenters. The largest absolute Gasteiger partial charge is 0.496 e. The van der Waals surface area contributed by atoms with Gasteiger partial charge in [-0.3, -0.25) is 4.72 Å². The van der Waals surface area contributed by atoms with Gasteiger partial charge in [-0.1, -0.05) is 19.1 Å². The summed E-state index contributed by atoms with van der Waals surface area (Å²) in [5.41, 5.74) is 4.55. The fourth-order valence-electron chi connectivity index (χ4n) is 3.72. The summed E-state index contributed by atoms with van der Waals surface area (Å²) in [5.74, 6) is 0.850. The highest BCUT2D eigenvalue weighted by atomic mass is 32.2. The van der Waals surface area contributed by atoms with Crippen molar-refractivity contribution in [2.75, 3.05) is 23.7 Å². The van der Waals surface area contributed by atoms with Crippen LogP contribution in [-0.4, -0.2) is 28.1 Å². The van der Waals surface area contributed by atoms with E-state index in [1.54, 1.807) is 26.2 Å². The molecule has 0 radical (unpaired) electrons. The van der Waals surface area contributed by atoms with Crippen molar-refractivity contribution in [3.8, 4) is 5.75 Å². The van der Waals surface area contributed by atoms with Crippen molar-refractivity contribution in [3.63, 3.8) is 0 Å². The van der Waals surface area contributed by atoms with Gasteiger partial charge in [0, 0.05) is 23.4 Å². The molecule has 4 rings (SSSR count). The first-order valence-electron chi connectivity index (χ1n) is 9.53. The molecule has 0 saturated carbocycles. The molecule has 0 bridgehead atoms. The summed E-state index contributed by atoms with van der Waals surface area (Å²) in [4.78, 5) is 4.77. The highest BCUT2D eigenvalue weighted by Crippen LogP contribution is 2.40. The second-order valence-electron chi connectivity index (χ2n) is 6.91. The van der Waals surface area contributed by atoms with E-state index in [-0.39, 0.29) is 6.04 Å². The number of aliphatic imine (C=N–C) groups is 1. The number of ether oxygens (including phenoxy) is 2. The van der Waals surface area contributed by atoms with Gasteiger partial charge in [0.05, 0.1) is 18.8 Å². The van der Waals surface area contributed by atoms with Gasteiger partial charge in [0.15, 0.2) is 0 Å². The molecule has 0 amide bonds. The second kappa shape index (κ2) is 7.92. The van der Waals surface area contributed by atoms with Crippen molar-refractivity contribution in [2.24, 2.45) is 4.99 Å². The predicted molar refractivity (Wildman–Crippen MR) is 113 cm³/mol. The Morgan fingerprint density at radius 2 is 2.14 bits per heavy atom. The molecule has 0 fully saturated rings. The lowest BCUT2D eigenvalue weighted by Gasteiger charge is -2.22. The molecule has 1 aliphatic heterocycles. The van der Waals surface area contributed by atoms with Crippen LogP contribution in [0.3, 0.4) is 0 Å². The zero-order valence-electron chi connectivity index (χ0n) is 16.4. The van der Waals surface area contributed by atoms with E-state index in [2.05, 4.69) is 20.8 Å². The predicted octanol–water partition coefficient (Wildman–Crippen LogP) is 2.95. The summed E-state index contributed by atoms with van der Waals surface area (Å²) in [6, 6.07) is 11.8. The van der Waals surface area contributed by atoms with Crippen LogP contribution in [0.1, 0.15) is 36.1 Å². The monoisotopic (exact) mass is 416 g/mol. The summed E-state index contributed by atoms with van der Waals surface area (Å²) < 4.78 is 39.9. The third-order valence-corrected chi connectivity index (χ3v) is 6.14. The summed E-state index contributed by atoms with van der Waals surface area (Å²) in [6.45, 7) is 2.35. The van der Waals surface area contributed by atoms with Gasteiger partial charge in [-0.2, -0.15) is 13.1 Å². The minimum Gasteiger partial charge on any atom is -0.496 e. The van der Waals surface area contributed by atoms with Gasteiger partial charge in [0.1, 0.15) is 12.4 Å². The fourth-order valence-corrected chi connectivity index (χ4v) is 4.61. The average Bonchev–Trinajstić information content (AvgIpc) is 3.10. The molecule has 154 valence electrons. The van der Waals surface area contributed by atoms with Crippen LogP contribution in [-0.2, 0) is 28.0 Å². The maximum Gasteiger partial charge on any atom is 0.299 e. The molecule has 3 N–H and O–H groups in total. The first-order chi connectivity index (χ1) is 14.0. The zero-order valence-corrected chi connectivity index (χ0v) is 17.2. The molecule has 1 atom stereocenters. The Morgan fingerprint density at radius 3 is 2.93 bits per heavy atom. The number of methoxy groups -OCH3 is 1. The van der Waals surface area contributed by atoms with Crippen molar-refractivity contribution in [3.05, 3.63) is 53.1 Å². The van der Waals surface area contributed by atoms with Crippen molar-refractivity contribution in [2.45, 2.75) is 32.4 Å². The maximum absolute atomic E-state index is 11.9. The zero-order chi connectivity index (χ0) is 20.4. The van der Waals surface area contributed by atoms with Gasteiger partial charge in [-0.25, -0.2) is 4.99 Å². The van der Waals surface area contributed by atoms with Crippen molar-refractivity contribution >= 4 is 27.6 Å². The average molecular weight is 417 g/mol. The summed E-state index contributed by atoms with van der Waals surface area (Å²) in [6.07, 6.45) is 1.86. The molecule has 1 heterocycles. The standard InChI is InChI=1S/C20H24N4O4S/c1-3-21-29(25,26)24-15-8-10-16-14(11-15)12-28-20(22-16)23-17-9-7-13-5-4-6-18(27-2)19(13)17/h4-6,8,10-11,17,21,24H,3,7,9,12H2,1-2H3,(H,22,23). The number of nitrogens with one attached hydrogen (secondary N) is 3. The Kier molecular flexibility index (Phi) is 5.33. The van der Waals surface area contributed by atoms with E-state index in [0.717, 1.165) is 35.4 Å². The van der Waals surface area contributed by atoms with Gasteiger partial charge in [0.2, 0.25) is 0 Å². The topological polar surface area (TPSA) is 101 Å². The highest BCUT2D eigenvalue weighted by molar-refractivity contribution is 7.90. The van der Waals surface area contributed by atoms with E-state index in [1.807, 2.05) is 18.2 Å². The number of hydrogen-bond donors (Lipinski definition) is 3. The fraction of sp³-hybridized carbons (Fsp3) is 0.350. The van der Waals surface area contributed by atoms with Crippen LogP contribution in [0.25, 0.3) is 0 Å². The van der Waals surface area contributed by atoms with Crippen LogP contribution in [0, 0.1) is 0 Å². The van der Waals surface area contributed by atoms with E-state index >= 15 is 0 Å². The van der Waals surface area contributed by atoms with Crippen molar-refractivity contribution < 1.29 is 17.9 Å². The quantitative estimate of drug-likeness (QED) is 0.672. The SMILES string of the molecule is CCNS(=O)(=O)Nc1ccc2c(c1)COC(=NC1CCc3cccc(OC)c31)N2. The molecular weight excluding hydrogens is 392 g/mol. The van der Waals surface area contributed by atoms with E-state index in [4.69, 9.17) is 14.5 Å². The van der Waals surface area contributed by atoms with E-state index < -0.39 is 10.2 Å². The Hall–Kier alpha value is -2.78. The number of fused-ring (bicyclic) bond motifs is 2. The first kappa shape index (κ1) is 19.5. The number of aryl methyl sites for hydroxylation is 1. The Balaban J connectivity index is 1.52. The Bertz CT molecular complexity index is 1050.